The number of anilines is 3. The number of hydrogen-bond donors (Lipinski definition) is 5. The van der Waals surface area contributed by atoms with Crippen LogP contribution >= 0.6 is 0 Å². The van der Waals surface area contributed by atoms with E-state index in [1.165, 1.54) is 0 Å². The number of aromatic amines is 1. The molecule has 0 radical (unpaired) electrons. The summed E-state index contributed by atoms with van der Waals surface area (Å²) >= 11 is 0. The van der Waals surface area contributed by atoms with E-state index in [1.807, 2.05) is 48.1 Å². The molecule has 0 saturated carbocycles. The number of benzene rings is 1. The second-order valence-corrected chi connectivity index (χ2v) is 11.0. The highest BCUT2D eigenvalue weighted by Gasteiger charge is 2.27. The fourth-order valence-corrected chi connectivity index (χ4v) is 4.66. The molecule has 0 unspecified atom stereocenters. The van der Waals surface area contributed by atoms with Crippen molar-refractivity contribution >= 4 is 40.7 Å². The number of carbonyl (C=O) groups excluding carboxylic acids is 2. The zero-order valence-electron chi connectivity index (χ0n) is 23.7. The second-order valence-electron chi connectivity index (χ2n) is 11.0. The fraction of sp³-hybridized carbons (Fsp3) is 0.407. The maximum absolute atomic E-state index is 12.5. The second kappa shape index (κ2) is 11.3. The Morgan fingerprint density at radius 3 is 2.66 bits per heavy atom. The average Bonchev–Trinajstić information content (AvgIpc) is 3.65. The summed E-state index contributed by atoms with van der Waals surface area (Å²) in [6.07, 6.45) is 1.07. The first-order valence-electron chi connectivity index (χ1n) is 13.3. The van der Waals surface area contributed by atoms with E-state index < -0.39 is 12.1 Å². The van der Waals surface area contributed by atoms with Gasteiger partial charge in [0.25, 0.3) is 0 Å². The summed E-state index contributed by atoms with van der Waals surface area (Å²) in [5.41, 5.74) is 2.40. The fourth-order valence-electron chi connectivity index (χ4n) is 4.66. The van der Waals surface area contributed by atoms with Crippen LogP contribution in [0.3, 0.4) is 0 Å². The summed E-state index contributed by atoms with van der Waals surface area (Å²) in [5.74, 6) is 1.49. The van der Waals surface area contributed by atoms with Gasteiger partial charge in [-0.1, -0.05) is 51.1 Å². The monoisotopic (exact) mass is 561 g/mol. The van der Waals surface area contributed by atoms with E-state index in [0.29, 0.717) is 35.2 Å². The van der Waals surface area contributed by atoms with Crippen molar-refractivity contribution in [3.05, 3.63) is 53.9 Å². The summed E-state index contributed by atoms with van der Waals surface area (Å²) in [7, 11) is 3.60. The Hall–Kier alpha value is -4.88. The Balaban J connectivity index is 1.32. The van der Waals surface area contributed by atoms with Crippen LogP contribution in [-0.2, 0) is 17.2 Å². The lowest BCUT2D eigenvalue weighted by Gasteiger charge is -2.21. The van der Waals surface area contributed by atoms with Crippen LogP contribution in [0.25, 0.3) is 11.0 Å². The maximum atomic E-state index is 12.5. The van der Waals surface area contributed by atoms with Gasteiger partial charge < -0.3 is 30.9 Å². The third-order valence-electron chi connectivity index (χ3n) is 6.93. The number of aromatic nitrogens is 6. The zero-order chi connectivity index (χ0) is 29.1. The molecule has 0 spiro atoms. The number of carbonyl (C=O) groups is 2. The largest absolute Gasteiger partial charge is 0.447 e. The molecule has 4 aromatic rings. The van der Waals surface area contributed by atoms with Crippen LogP contribution in [0, 0.1) is 0 Å². The molecular weight excluding hydrogens is 526 g/mol. The molecule has 14 heteroatoms. The molecule has 0 bridgehead atoms. The van der Waals surface area contributed by atoms with E-state index in [9.17, 15) is 9.59 Å². The number of nitrogens with one attached hydrogen (secondary N) is 5. The number of urea groups is 1. The van der Waals surface area contributed by atoms with E-state index >= 15 is 0 Å². The third kappa shape index (κ3) is 6.31. The zero-order valence-corrected chi connectivity index (χ0v) is 23.7. The van der Waals surface area contributed by atoms with Gasteiger partial charge in [0.1, 0.15) is 12.4 Å². The lowest BCUT2D eigenvalue weighted by atomic mass is 9.92. The average molecular weight is 562 g/mol. The van der Waals surface area contributed by atoms with Crippen molar-refractivity contribution in [1.82, 2.24) is 45.5 Å². The Morgan fingerprint density at radius 1 is 1.20 bits per heavy atom. The molecule has 5 rings (SSSR count). The van der Waals surface area contributed by atoms with Gasteiger partial charge in [-0.3, -0.25) is 9.78 Å². The molecule has 1 aromatic carbocycles. The van der Waals surface area contributed by atoms with E-state index in [4.69, 9.17) is 9.72 Å². The van der Waals surface area contributed by atoms with Crippen molar-refractivity contribution in [3.8, 4) is 0 Å². The van der Waals surface area contributed by atoms with Crippen LogP contribution in [0.2, 0.25) is 0 Å². The molecule has 0 aliphatic carbocycles. The van der Waals surface area contributed by atoms with Gasteiger partial charge in [-0.05, 0) is 5.56 Å². The van der Waals surface area contributed by atoms with Crippen LogP contribution in [0.5, 0.6) is 0 Å². The molecule has 3 amide bonds. The molecule has 1 saturated heterocycles. The van der Waals surface area contributed by atoms with Gasteiger partial charge >= 0.3 is 12.1 Å². The van der Waals surface area contributed by atoms with E-state index in [0.717, 1.165) is 11.3 Å². The topological polar surface area (TPSA) is 167 Å². The minimum Gasteiger partial charge on any atom is -0.447 e. The maximum Gasteiger partial charge on any atom is 0.407 e. The molecule has 2 atom stereocenters. The first-order chi connectivity index (χ1) is 19.6. The number of amides is 3. The Bertz CT molecular complexity index is 1530. The number of fused-ring (bicyclic) bond motifs is 1. The summed E-state index contributed by atoms with van der Waals surface area (Å²) in [4.78, 5) is 35.0. The van der Waals surface area contributed by atoms with Crippen LogP contribution in [0.4, 0.5) is 27.2 Å². The third-order valence-corrected chi connectivity index (χ3v) is 6.93. The van der Waals surface area contributed by atoms with Gasteiger partial charge in [0.15, 0.2) is 11.5 Å². The molecule has 3 aromatic heterocycles. The highest BCUT2D eigenvalue weighted by atomic mass is 16.5. The summed E-state index contributed by atoms with van der Waals surface area (Å²) in [5, 5.41) is 24.4. The highest BCUT2D eigenvalue weighted by molar-refractivity contribution is 5.88. The molecule has 1 fully saturated rings. The smallest absolute Gasteiger partial charge is 0.407 e. The lowest BCUT2D eigenvalue weighted by molar-refractivity contribution is 0.139. The number of rotatable bonds is 9. The molecule has 4 heterocycles. The van der Waals surface area contributed by atoms with Crippen molar-refractivity contribution in [1.29, 1.82) is 0 Å². The van der Waals surface area contributed by atoms with Crippen molar-refractivity contribution in [2.75, 3.05) is 37.4 Å². The first-order valence-corrected chi connectivity index (χ1v) is 13.3. The number of likely N-dealkylation sites (N-methyl/N-ethyl adjacent to an activating group) is 1. The summed E-state index contributed by atoms with van der Waals surface area (Å²) in [6, 6.07) is 10.8. The van der Waals surface area contributed by atoms with Gasteiger partial charge in [0.2, 0.25) is 5.95 Å². The quantitative estimate of drug-likeness (QED) is 0.206. The number of aryl methyl sites for hydroxylation is 1. The molecule has 216 valence electrons. The predicted octanol–water partition coefficient (Wildman–Crippen LogP) is 3.03. The minimum absolute atomic E-state index is 0.00977. The summed E-state index contributed by atoms with van der Waals surface area (Å²) in [6.45, 7) is 7.14. The van der Waals surface area contributed by atoms with Gasteiger partial charge in [-0.2, -0.15) is 20.2 Å². The summed E-state index contributed by atoms with van der Waals surface area (Å²) < 4.78 is 7.41. The number of hydrogen-bond acceptors (Lipinski definition) is 9. The molecular formula is C27H35N11O3. The molecule has 41 heavy (non-hydrogen) atoms. The molecule has 14 nitrogen and oxygen atoms in total. The number of H-pyrrole nitrogens is 1. The number of ether oxygens (including phenoxy) is 1. The SMILES string of the molecule is CN1C(=O)NC[C@H]1CNC(=O)OC[C@H](Nc1nc(Nc2cc(C(C)(C)C)n(C)n2)c2cn[nH]c2n1)c1ccccc1. The van der Waals surface area contributed by atoms with Crippen LogP contribution in [-0.4, -0.2) is 79.8 Å². The Kier molecular flexibility index (Phi) is 7.64. The highest BCUT2D eigenvalue weighted by Crippen LogP contribution is 2.28. The first kappa shape index (κ1) is 27.7. The Morgan fingerprint density at radius 2 is 1.98 bits per heavy atom. The van der Waals surface area contributed by atoms with E-state index in [2.05, 4.69) is 62.3 Å². The van der Waals surface area contributed by atoms with Gasteiger partial charge in [-0.25, -0.2) is 9.59 Å². The van der Waals surface area contributed by atoms with Crippen molar-refractivity contribution in [2.45, 2.75) is 38.3 Å². The molecule has 1 aliphatic rings. The Labute approximate surface area is 237 Å². The van der Waals surface area contributed by atoms with Crippen molar-refractivity contribution in [3.63, 3.8) is 0 Å². The van der Waals surface area contributed by atoms with Crippen molar-refractivity contribution in [2.24, 2.45) is 7.05 Å². The minimum atomic E-state index is -0.586. The predicted molar refractivity (Wildman–Crippen MR) is 154 cm³/mol. The van der Waals surface area contributed by atoms with Crippen LogP contribution < -0.4 is 21.3 Å². The van der Waals surface area contributed by atoms with Gasteiger partial charge in [0, 0.05) is 44.4 Å². The van der Waals surface area contributed by atoms with E-state index in [-0.39, 0.29) is 30.6 Å². The van der Waals surface area contributed by atoms with Crippen LogP contribution in [0.1, 0.15) is 38.1 Å². The van der Waals surface area contributed by atoms with Gasteiger partial charge in [-0.15, -0.1) is 0 Å². The number of alkyl carbamates (subject to hydrolysis) is 1. The normalized spacial score (nSPS) is 16.0. The van der Waals surface area contributed by atoms with Crippen molar-refractivity contribution < 1.29 is 14.3 Å². The van der Waals surface area contributed by atoms with Crippen LogP contribution in [0.15, 0.2) is 42.6 Å². The number of nitrogens with zero attached hydrogens (tertiary/aromatic N) is 6. The van der Waals surface area contributed by atoms with Gasteiger partial charge in [0.05, 0.1) is 23.7 Å². The standard InChI is InChI=1S/C27H35N11O3/c1-27(2,3)20-11-21(36-38(20)5)32-22-18-14-30-35-23(18)34-24(33-22)31-19(16-9-7-6-8-10-16)15-41-26(40)29-13-17-12-28-25(39)37(17)4/h6-11,14,17,19H,12-13,15H2,1-5H3,(H,28,39)(H,29,40)(H3,30,31,32,33,34,35,36)/t17-,19-/m0/s1. The van der Waals surface area contributed by atoms with E-state index in [1.54, 1.807) is 18.1 Å². The molecule has 1 aliphatic heterocycles. The molecule has 5 N–H and O–H groups in total. The lowest BCUT2D eigenvalue weighted by Crippen LogP contribution is -2.41.